The molecule has 0 amide bonds. The van der Waals surface area contributed by atoms with Crippen molar-refractivity contribution in [1.82, 2.24) is 0 Å². The van der Waals surface area contributed by atoms with Gasteiger partial charge in [0.25, 0.3) is 0 Å². The molecule has 1 aliphatic heterocycles. The zero-order valence-corrected chi connectivity index (χ0v) is 5.19. The lowest BCUT2D eigenvalue weighted by atomic mass is 10.2. The third kappa shape index (κ3) is 1.01. The van der Waals surface area contributed by atoms with Gasteiger partial charge in [-0.15, -0.1) is 0 Å². The molecule has 2 N–H and O–H groups in total. The maximum Gasteiger partial charge on any atom is 0.122 e. The smallest absolute Gasteiger partial charge is 0.122 e. The van der Waals surface area contributed by atoms with Crippen molar-refractivity contribution in [3.8, 4) is 0 Å². The number of thiocarbonyl (C=S) groups is 1. The number of hydrogen-bond acceptors (Lipinski definition) is 3. The highest BCUT2D eigenvalue weighted by atomic mass is 32.1. The summed E-state index contributed by atoms with van der Waals surface area (Å²) in [6.07, 6.45) is 0.898. The first-order valence-corrected chi connectivity index (χ1v) is 2.87. The van der Waals surface area contributed by atoms with Gasteiger partial charge in [0, 0.05) is 0 Å². The van der Waals surface area contributed by atoms with Gasteiger partial charge in [0.1, 0.15) is 6.04 Å². The van der Waals surface area contributed by atoms with Crippen LogP contribution in [0.25, 0.3) is 0 Å². The van der Waals surface area contributed by atoms with Crippen molar-refractivity contribution >= 4 is 17.2 Å². The van der Waals surface area contributed by atoms with Crippen LogP contribution in [0.1, 0.15) is 6.42 Å². The molecule has 0 bridgehead atoms. The molecule has 0 aromatic rings. The van der Waals surface area contributed by atoms with E-state index in [9.17, 15) is 0 Å². The van der Waals surface area contributed by atoms with Crippen molar-refractivity contribution in [3.05, 3.63) is 0 Å². The minimum absolute atomic E-state index is 0.0324. The molecule has 0 spiro atoms. The Hall–Kier alpha value is -0.510. The molecule has 1 unspecified atom stereocenters. The van der Waals surface area contributed by atoms with Crippen LogP contribution in [-0.4, -0.2) is 17.6 Å². The number of nitrogens with zero attached hydrogens (tertiary/aromatic N) is 2. The Labute approximate surface area is 53.0 Å². The number of azo groups is 1. The van der Waals surface area contributed by atoms with E-state index in [0.717, 1.165) is 13.0 Å². The molecular weight excluding hydrogens is 122 g/mol. The van der Waals surface area contributed by atoms with Gasteiger partial charge in [-0.1, -0.05) is 12.2 Å². The minimum Gasteiger partial charge on any atom is -0.391 e. The van der Waals surface area contributed by atoms with Crippen LogP contribution >= 0.6 is 12.2 Å². The van der Waals surface area contributed by atoms with E-state index in [0.29, 0.717) is 4.99 Å². The Morgan fingerprint density at radius 3 is 2.75 bits per heavy atom. The van der Waals surface area contributed by atoms with Crippen molar-refractivity contribution in [3.63, 3.8) is 0 Å². The highest BCUT2D eigenvalue weighted by Gasteiger charge is 2.13. The molecule has 0 saturated heterocycles. The second-order valence-corrected chi connectivity index (χ2v) is 2.16. The van der Waals surface area contributed by atoms with Crippen molar-refractivity contribution in [2.24, 2.45) is 16.0 Å². The molecule has 3 nitrogen and oxygen atoms in total. The first kappa shape index (κ1) is 5.62. The molecule has 0 saturated carbocycles. The lowest BCUT2D eigenvalue weighted by molar-refractivity contribution is 0.875. The summed E-state index contributed by atoms with van der Waals surface area (Å²) in [6, 6.07) is 0.0324. The quantitative estimate of drug-likeness (QED) is 0.524. The summed E-state index contributed by atoms with van der Waals surface area (Å²) in [6.45, 7) is 0.780. The van der Waals surface area contributed by atoms with E-state index in [1.807, 2.05) is 0 Å². The molecule has 44 valence electrons. The topological polar surface area (TPSA) is 50.7 Å². The Morgan fingerprint density at radius 1 is 1.75 bits per heavy atom. The van der Waals surface area contributed by atoms with Crippen molar-refractivity contribution in [2.45, 2.75) is 12.5 Å². The molecule has 1 atom stereocenters. The number of rotatable bonds is 1. The zero-order valence-electron chi connectivity index (χ0n) is 4.37. The Kier molecular flexibility index (Phi) is 1.53. The number of hydrogen-bond donors (Lipinski definition) is 1. The van der Waals surface area contributed by atoms with Gasteiger partial charge >= 0.3 is 0 Å². The Morgan fingerprint density at radius 2 is 2.50 bits per heavy atom. The van der Waals surface area contributed by atoms with Crippen LogP contribution < -0.4 is 5.73 Å². The van der Waals surface area contributed by atoms with Gasteiger partial charge < -0.3 is 5.73 Å². The van der Waals surface area contributed by atoms with Crippen LogP contribution in [0.15, 0.2) is 10.2 Å². The van der Waals surface area contributed by atoms with E-state index < -0.39 is 0 Å². The predicted octanol–water partition coefficient (Wildman–Crippen LogP) is 0.497. The number of nitrogens with two attached hydrogens (primary N) is 1. The summed E-state index contributed by atoms with van der Waals surface area (Å²) in [5.41, 5.74) is 5.28. The van der Waals surface area contributed by atoms with Crippen LogP contribution in [0.2, 0.25) is 0 Å². The average Bonchev–Trinajstić information content (AvgIpc) is 2.12. The summed E-state index contributed by atoms with van der Waals surface area (Å²) >= 11 is 4.68. The summed E-state index contributed by atoms with van der Waals surface area (Å²) in [7, 11) is 0. The molecule has 0 aromatic heterocycles. The lowest BCUT2D eigenvalue weighted by Gasteiger charge is -1.97. The molecule has 1 aliphatic rings. The summed E-state index contributed by atoms with van der Waals surface area (Å²) in [5.74, 6) is 0. The molecule has 4 heteroatoms. The molecule has 0 radical (unpaired) electrons. The second kappa shape index (κ2) is 2.17. The highest BCUT2D eigenvalue weighted by molar-refractivity contribution is 7.80. The fraction of sp³-hybridized carbons (Fsp3) is 0.750. The standard InChI is InChI=1S/C4H7N3S/c5-4(8)3-1-2-6-7-3/h3H,1-2H2,(H2,5,8). The molecule has 0 fully saturated rings. The van der Waals surface area contributed by atoms with Gasteiger partial charge in [-0.25, -0.2) is 0 Å². The van der Waals surface area contributed by atoms with Crippen molar-refractivity contribution in [2.75, 3.05) is 6.54 Å². The van der Waals surface area contributed by atoms with Crippen molar-refractivity contribution in [1.29, 1.82) is 0 Å². The zero-order chi connectivity index (χ0) is 5.98. The van der Waals surface area contributed by atoms with E-state index in [4.69, 9.17) is 5.73 Å². The first-order valence-electron chi connectivity index (χ1n) is 2.46. The van der Waals surface area contributed by atoms with Crippen LogP contribution in [-0.2, 0) is 0 Å². The summed E-state index contributed by atoms with van der Waals surface area (Å²) in [5, 5.41) is 7.54. The second-order valence-electron chi connectivity index (χ2n) is 1.69. The largest absolute Gasteiger partial charge is 0.391 e. The van der Waals surface area contributed by atoms with Gasteiger partial charge in [-0.05, 0) is 6.42 Å². The molecule has 1 heterocycles. The molecule has 1 rings (SSSR count). The average molecular weight is 129 g/mol. The van der Waals surface area contributed by atoms with Gasteiger partial charge in [-0.2, -0.15) is 10.2 Å². The van der Waals surface area contributed by atoms with E-state index in [1.54, 1.807) is 0 Å². The van der Waals surface area contributed by atoms with E-state index in [2.05, 4.69) is 22.4 Å². The SMILES string of the molecule is NC(=S)C1CCN=N1. The van der Waals surface area contributed by atoms with Gasteiger partial charge in [0.05, 0.1) is 11.5 Å². The monoisotopic (exact) mass is 129 g/mol. The normalized spacial score (nSPS) is 26.2. The van der Waals surface area contributed by atoms with Crippen LogP contribution in [0.4, 0.5) is 0 Å². The third-order valence-electron chi connectivity index (χ3n) is 1.05. The fourth-order valence-corrected chi connectivity index (χ4v) is 0.758. The van der Waals surface area contributed by atoms with Crippen LogP contribution in [0, 0.1) is 0 Å². The van der Waals surface area contributed by atoms with Gasteiger partial charge in [-0.3, -0.25) is 0 Å². The molecule has 0 aliphatic carbocycles. The predicted molar refractivity (Wildman–Crippen MR) is 34.9 cm³/mol. The van der Waals surface area contributed by atoms with E-state index in [1.165, 1.54) is 0 Å². The Bertz CT molecular complexity index is 131. The molecule has 0 aromatic carbocycles. The maximum absolute atomic E-state index is 5.28. The van der Waals surface area contributed by atoms with E-state index in [-0.39, 0.29) is 6.04 Å². The van der Waals surface area contributed by atoms with Crippen molar-refractivity contribution < 1.29 is 0 Å². The Balaban J connectivity index is 2.48. The van der Waals surface area contributed by atoms with Gasteiger partial charge in [0.15, 0.2) is 0 Å². The van der Waals surface area contributed by atoms with Crippen LogP contribution in [0.5, 0.6) is 0 Å². The molecular formula is C4H7N3S. The fourth-order valence-electron chi connectivity index (χ4n) is 0.593. The van der Waals surface area contributed by atoms with E-state index >= 15 is 0 Å². The molecule has 8 heavy (non-hydrogen) atoms. The lowest BCUT2D eigenvalue weighted by Crippen LogP contribution is -2.22. The summed E-state index contributed by atoms with van der Waals surface area (Å²) in [4.78, 5) is 0.464. The summed E-state index contributed by atoms with van der Waals surface area (Å²) < 4.78 is 0. The first-order chi connectivity index (χ1) is 3.80. The maximum atomic E-state index is 5.28. The van der Waals surface area contributed by atoms with Crippen LogP contribution in [0.3, 0.4) is 0 Å². The highest BCUT2D eigenvalue weighted by Crippen LogP contribution is 2.06. The minimum atomic E-state index is 0.0324. The van der Waals surface area contributed by atoms with Gasteiger partial charge in [0.2, 0.25) is 0 Å². The third-order valence-corrected chi connectivity index (χ3v) is 1.32.